The van der Waals surface area contributed by atoms with Crippen molar-refractivity contribution in [1.82, 2.24) is 0 Å². The zero-order valence-corrected chi connectivity index (χ0v) is 51.2. The molecule has 0 aromatic heterocycles. The molecule has 0 heterocycles. The third kappa shape index (κ3) is 63.6. The summed E-state index contributed by atoms with van der Waals surface area (Å²) in [7, 11) is 0. The van der Waals surface area contributed by atoms with Crippen molar-refractivity contribution in [2.24, 2.45) is 0 Å². The molecule has 1 unspecified atom stereocenters. The first kappa shape index (κ1) is 73.8. The zero-order valence-electron chi connectivity index (χ0n) is 51.2. The van der Waals surface area contributed by atoms with Crippen LogP contribution in [0.15, 0.2) is 72.9 Å². The number of rotatable bonds is 61. The number of carbonyl (C=O) groups excluding carboxylic acids is 3. The highest BCUT2D eigenvalue weighted by Crippen LogP contribution is 2.17. The molecule has 446 valence electrons. The lowest BCUT2D eigenvalue weighted by Crippen LogP contribution is -2.30. The van der Waals surface area contributed by atoms with Gasteiger partial charge >= 0.3 is 17.9 Å². The van der Waals surface area contributed by atoms with Gasteiger partial charge < -0.3 is 14.2 Å². The van der Waals surface area contributed by atoms with E-state index >= 15 is 0 Å². The summed E-state index contributed by atoms with van der Waals surface area (Å²) in [5.41, 5.74) is 0. The molecule has 0 aliphatic heterocycles. The lowest BCUT2D eigenvalue weighted by molar-refractivity contribution is -0.167. The van der Waals surface area contributed by atoms with E-state index in [4.69, 9.17) is 14.2 Å². The van der Waals surface area contributed by atoms with Crippen LogP contribution in [0.5, 0.6) is 0 Å². The number of allylic oxidation sites excluding steroid dienone is 12. The maximum atomic E-state index is 12.9. The van der Waals surface area contributed by atoms with Gasteiger partial charge in [0.1, 0.15) is 13.2 Å². The van der Waals surface area contributed by atoms with Crippen LogP contribution in [0, 0.1) is 0 Å². The van der Waals surface area contributed by atoms with E-state index in [9.17, 15) is 14.4 Å². The van der Waals surface area contributed by atoms with Crippen molar-refractivity contribution in [2.45, 2.75) is 348 Å². The van der Waals surface area contributed by atoms with Gasteiger partial charge in [0.25, 0.3) is 0 Å². The van der Waals surface area contributed by atoms with Gasteiger partial charge in [-0.25, -0.2) is 0 Å². The van der Waals surface area contributed by atoms with Crippen LogP contribution in [-0.4, -0.2) is 37.2 Å². The number of ether oxygens (including phenoxy) is 3. The molecule has 0 rings (SSSR count). The van der Waals surface area contributed by atoms with Crippen LogP contribution in [0.4, 0.5) is 0 Å². The summed E-state index contributed by atoms with van der Waals surface area (Å²) in [4.78, 5) is 38.4. The molecule has 0 radical (unpaired) electrons. The lowest BCUT2D eigenvalue weighted by atomic mass is 10.0. The Morgan fingerprint density at radius 1 is 0.273 bits per heavy atom. The first-order valence-corrected chi connectivity index (χ1v) is 33.4. The van der Waals surface area contributed by atoms with E-state index in [0.717, 1.165) is 96.3 Å². The predicted octanol–water partition coefficient (Wildman–Crippen LogP) is 22.9. The van der Waals surface area contributed by atoms with Crippen molar-refractivity contribution in [1.29, 1.82) is 0 Å². The molecular weight excluding hydrogens is 949 g/mol. The predicted molar refractivity (Wildman–Crippen MR) is 335 cm³/mol. The molecule has 0 aromatic rings. The monoisotopic (exact) mass is 1070 g/mol. The van der Waals surface area contributed by atoms with Crippen LogP contribution in [0.2, 0.25) is 0 Å². The van der Waals surface area contributed by atoms with Gasteiger partial charge in [-0.3, -0.25) is 14.4 Å². The highest BCUT2D eigenvalue weighted by atomic mass is 16.6. The van der Waals surface area contributed by atoms with Gasteiger partial charge in [-0.05, 0) is 89.9 Å². The number of unbranched alkanes of at least 4 members (excludes halogenated alkanes) is 38. The Balaban J connectivity index is 4.28. The number of hydrogen-bond donors (Lipinski definition) is 0. The van der Waals surface area contributed by atoms with Crippen LogP contribution in [-0.2, 0) is 28.6 Å². The third-order valence-electron chi connectivity index (χ3n) is 14.7. The van der Waals surface area contributed by atoms with Crippen molar-refractivity contribution >= 4 is 17.9 Å². The summed E-state index contributed by atoms with van der Waals surface area (Å²) in [5, 5.41) is 0. The van der Waals surface area contributed by atoms with Crippen molar-refractivity contribution in [3.63, 3.8) is 0 Å². The molecule has 0 saturated carbocycles. The molecule has 0 aromatic carbocycles. The minimum absolute atomic E-state index is 0.0757. The summed E-state index contributed by atoms with van der Waals surface area (Å²) < 4.78 is 17.0. The van der Waals surface area contributed by atoms with Crippen molar-refractivity contribution in [2.75, 3.05) is 13.2 Å². The smallest absolute Gasteiger partial charge is 0.306 e. The van der Waals surface area contributed by atoms with Crippen LogP contribution < -0.4 is 0 Å². The Hall–Kier alpha value is -3.15. The van der Waals surface area contributed by atoms with Gasteiger partial charge in [-0.15, -0.1) is 0 Å². The largest absolute Gasteiger partial charge is 0.462 e. The minimum atomic E-state index is -0.778. The molecule has 0 aliphatic rings. The SMILES string of the molecule is CC/C=C\C/C=C\C/C=C\C/C=C\C/C=C\CCCCCCCCCCCCCC(=O)OCC(COC(=O)CCCCCCC/C=C\CCCCCCC)OC(=O)CCCCCCCCCCCCCCCCCCCC. The lowest BCUT2D eigenvalue weighted by Gasteiger charge is -2.18. The van der Waals surface area contributed by atoms with E-state index in [1.54, 1.807) is 0 Å². The number of esters is 3. The summed E-state index contributed by atoms with van der Waals surface area (Å²) in [5.74, 6) is -0.867. The van der Waals surface area contributed by atoms with E-state index in [1.165, 1.54) is 205 Å². The molecule has 1 atom stereocenters. The standard InChI is InChI=1S/C71H126O6/c1-4-7-10-13-16-19-22-25-28-30-32-33-34-35-36-37-38-39-40-42-43-46-49-52-55-58-61-64-70(73)76-67-68(66-75-69(72)63-60-57-54-51-48-45-27-24-21-18-15-12-9-6-3)77-71(74)65-62-59-56-53-50-47-44-41-31-29-26-23-20-17-14-11-8-5-2/h7,10,16,19,24-25,27-28,32-33,35-36,68H,4-6,8-9,11-15,17-18,20-23,26,29-31,34,37-67H2,1-3H3/b10-7-,19-16-,27-24-,28-25-,33-32-,36-35-. The molecule has 6 nitrogen and oxygen atoms in total. The maximum Gasteiger partial charge on any atom is 0.306 e. The minimum Gasteiger partial charge on any atom is -0.462 e. The molecule has 0 saturated heterocycles. The van der Waals surface area contributed by atoms with Gasteiger partial charge in [0.15, 0.2) is 6.10 Å². The topological polar surface area (TPSA) is 78.9 Å². The number of carbonyl (C=O) groups is 3. The summed E-state index contributed by atoms with van der Waals surface area (Å²) in [6, 6.07) is 0. The van der Waals surface area contributed by atoms with Gasteiger partial charge in [0, 0.05) is 19.3 Å². The van der Waals surface area contributed by atoms with Gasteiger partial charge in [-0.1, -0.05) is 306 Å². The second-order valence-corrected chi connectivity index (χ2v) is 22.4. The van der Waals surface area contributed by atoms with Crippen LogP contribution in [0.3, 0.4) is 0 Å². The Morgan fingerprint density at radius 2 is 0.506 bits per heavy atom. The maximum absolute atomic E-state index is 12.9. The second-order valence-electron chi connectivity index (χ2n) is 22.4. The van der Waals surface area contributed by atoms with Gasteiger partial charge in [-0.2, -0.15) is 0 Å². The van der Waals surface area contributed by atoms with E-state index in [-0.39, 0.29) is 31.1 Å². The molecular formula is C71H126O6. The first-order chi connectivity index (χ1) is 38.0. The van der Waals surface area contributed by atoms with Gasteiger partial charge in [0.05, 0.1) is 0 Å². The fraction of sp³-hybridized carbons (Fsp3) is 0.789. The molecule has 0 bridgehead atoms. The molecule has 0 N–H and O–H groups in total. The molecule has 0 amide bonds. The Kier molecular flexibility index (Phi) is 62.7. The highest BCUT2D eigenvalue weighted by Gasteiger charge is 2.19. The van der Waals surface area contributed by atoms with Crippen molar-refractivity contribution in [3.05, 3.63) is 72.9 Å². The highest BCUT2D eigenvalue weighted by molar-refractivity contribution is 5.71. The molecule has 6 heteroatoms. The zero-order chi connectivity index (χ0) is 55.7. The van der Waals surface area contributed by atoms with Crippen LogP contribution in [0.25, 0.3) is 0 Å². The van der Waals surface area contributed by atoms with Crippen LogP contribution >= 0.6 is 0 Å². The van der Waals surface area contributed by atoms with Crippen molar-refractivity contribution in [3.8, 4) is 0 Å². The molecule has 0 fully saturated rings. The molecule has 0 spiro atoms. The Labute approximate surface area is 478 Å². The van der Waals surface area contributed by atoms with E-state index in [0.29, 0.717) is 19.3 Å². The summed E-state index contributed by atoms with van der Waals surface area (Å²) >= 11 is 0. The second kappa shape index (κ2) is 65.4. The Bertz CT molecular complexity index is 1420. The van der Waals surface area contributed by atoms with E-state index in [2.05, 4.69) is 93.7 Å². The normalized spacial score (nSPS) is 12.5. The fourth-order valence-corrected chi connectivity index (χ4v) is 9.70. The molecule has 77 heavy (non-hydrogen) atoms. The quantitative estimate of drug-likeness (QED) is 0.0261. The van der Waals surface area contributed by atoms with Crippen molar-refractivity contribution < 1.29 is 28.6 Å². The third-order valence-corrected chi connectivity index (χ3v) is 14.7. The summed E-state index contributed by atoms with van der Waals surface area (Å²) in [6.07, 6.45) is 84.8. The summed E-state index contributed by atoms with van der Waals surface area (Å²) in [6.45, 7) is 6.56. The van der Waals surface area contributed by atoms with E-state index < -0.39 is 6.10 Å². The average Bonchev–Trinajstić information content (AvgIpc) is 3.43. The van der Waals surface area contributed by atoms with Crippen LogP contribution in [0.1, 0.15) is 342 Å². The van der Waals surface area contributed by atoms with Gasteiger partial charge in [0.2, 0.25) is 0 Å². The van der Waals surface area contributed by atoms with E-state index in [1.807, 2.05) is 0 Å². The average molecular weight is 1080 g/mol. The first-order valence-electron chi connectivity index (χ1n) is 33.4. The molecule has 0 aliphatic carbocycles. The Morgan fingerprint density at radius 3 is 0.805 bits per heavy atom. The number of hydrogen-bond acceptors (Lipinski definition) is 6. The fourth-order valence-electron chi connectivity index (χ4n) is 9.70.